The zero-order chi connectivity index (χ0) is 28.5. The lowest BCUT2D eigenvalue weighted by molar-refractivity contribution is 0.0147. The zero-order valence-electron chi connectivity index (χ0n) is 23.0. The summed E-state index contributed by atoms with van der Waals surface area (Å²) in [5.41, 5.74) is 2.91. The van der Waals surface area contributed by atoms with E-state index in [0.717, 1.165) is 59.4 Å². The van der Waals surface area contributed by atoms with Crippen LogP contribution in [0.25, 0.3) is 21.5 Å². The molecule has 2 aromatic carbocycles. The van der Waals surface area contributed by atoms with Crippen LogP contribution in [-0.4, -0.2) is 48.0 Å². The predicted octanol–water partition coefficient (Wildman–Crippen LogP) is 6.55. The fraction of sp³-hybridized carbons (Fsp3) is 0.452. The number of hydrogen-bond donors (Lipinski definition) is 0. The minimum atomic E-state index is -0.663. The van der Waals surface area contributed by atoms with Gasteiger partial charge in [0.15, 0.2) is 10.9 Å². The molecule has 3 fully saturated rings. The zero-order valence-corrected chi connectivity index (χ0v) is 23.8. The number of methoxy groups -OCH3 is 1. The summed E-state index contributed by atoms with van der Waals surface area (Å²) in [6.07, 6.45) is 6.32. The van der Waals surface area contributed by atoms with Crippen LogP contribution in [0.2, 0.25) is 0 Å². The van der Waals surface area contributed by atoms with Crippen molar-refractivity contribution in [1.82, 2.24) is 10.1 Å². The van der Waals surface area contributed by atoms with Crippen LogP contribution in [0.5, 0.6) is 5.75 Å². The first-order valence-corrected chi connectivity index (χ1v) is 15.3. The van der Waals surface area contributed by atoms with Gasteiger partial charge in [-0.15, -0.1) is 0 Å². The molecule has 1 saturated carbocycles. The average molecular weight is 594 g/mol. The number of hydrogen-bond acceptors (Lipinski definition) is 9. The predicted molar refractivity (Wildman–Crippen MR) is 151 cm³/mol. The molecule has 0 N–H and O–H groups in total. The monoisotopic (exact) mass is 593 g/mol. The second-order valence-corrected chi connectivity index (χ2v) is 12.6. The molecule has 3 aliphatic heterocycles. The van der Waals surface area contributed by atoms with Gasteiger partial charge in [-0.3, -0.25) is 0 Å². The highest BCUT2D eigenvalue weighted by molar-refractivity contribution is 7.22. The molecule has 1 unspecified atom stereocenters. The molecule has 3 atom stereocenters. The minimum absolute atomic E-state index is 0.00749. The van der Waals surface area contributed by atoms with Gasteiger partial charge in [-0.1, -0.05) is 22.6 Å². The Morgan fingerprint density at radius 1 is 1.14 bits per heavy atom. The van der Waals surface area contributed by atoms with Gasteiger partial charge in [-0.2, -0.15) is 0 Å². The number of nitrogens with zero attached hydrogens (tertiary/aromatic N) is 3. The van der Waals surface area contributed by atoms with Crippen molar-refractivity contribution < 1.29 is 32.3 Å². The van der Waals surface area contributed by atoms with Gasteiger partial charge in [0.2, 0.25) is 0 Å². The number of benzene rings is 2. The van der Waals surface area contributed by atoms with E-state index in [0.29, 0.717) is 35.7 Å². The Balaban J connectivity index is 1.03. The molecule has 2 bridgehead atoms. The standard InChI is InChI=1S/C31H29F2N3O5S/c1-38-30(37)20-13-24-27(29-19(20)9-10-39-29)34-31(42-24)36-16-7-8-17(36)12-18(11-16)40-14-21-26(35-41-28(21)15-5-6-15)25-22(32)3-2-4-23(25)33/h2-4,13,15-18H,5-12,14H2,1H3/t16-,17+,18?. The van der Waals surface area contributed by atoms with E-state index in [4.69, 9.17) is 23.7 Å². The van der Waals surface area contributed by atoms with Crippen molar-refractivity contribution in [3.63, 3.8) is 0 Å². The van der Waals surface area contributed by atoms with E-state index < -0.39 is 11.6 Å². The van der Waals surface area contributed by atoms with E-state index in [1.165, 1.54) is 25.3 Å². The average Bonchev–Trinajstić information content (AvgIpc) is 3.28. The van der Waals surface area contributed by atoms with Gasteiger partial charge >= 0.3 is 5.97 Å². The Bertz CT molecular complexity index is 1680. The van der Waals surface area contributed by atoms with Crippen LogP contribution < -0.4 is 9.64 Å². The summed E-state index contributed by atoms with van der Waals surface area (Å²) in [4.78, 5) is 19.9. The van der Waals surface area contributed by atoms with Crippen molar-refractivity contribution in [2.24, 2.45) is 0 Å². The Hall–Kier alpha value is -3.57. The van der Waals surface area contributed by atoms with E-state index >= 15 is 0 Å². The van der Waals surface area contributed by atoms with Crippen molar-refractivity contribution in [2.75, 3.05) is 18.6 Å². The number of aromatic nitrogens is 2. The largest absolute Gasteiger partial charge is 0.491 e. The highest BCUT2D eigenvalue weighted by Gasteiger charge is 2.43. The maximum atomic E-state index is 14.7. The summed E-state index contributed by atoms with van der Waals surface area (Å²) in [6, 6.07) is 6.23. The van der Waals surface area contributed by atoms with Crippen LogP contribution in [0.1, 0.15) is 71.7 Å². The van der Waals surface area contributed by atoms with Gasteiger partial charge in [0.1, 0.15) is 28.6 Å². The van der Waals surface area contributed by atoms with Gasteiger partial charge < -0.3 is 23.6 Å². The van der Waals surface area contributed by atoms with E-state index in [1.807, 2.05) is 6.07 Å². The quantitative estimate of drug-likeness (QED) is 0.223. The molecule has 11 heteroatoms. The lowest BCUT2D eigenvalue weighted by Gasteiger charge is -2.38. The van der Waals surface area contributed by atoms with E-state index in [-0.39, 0.29) is 47.9 Å². The van der Waals surface area contributed by atoms with Gasteiger partial charge in [0, 0.05) is 35.5 Å². The lowest BCUT2D eigenvalue weighted by atomic mass is 9.99. The maximum Gasteiger partial charge on any atom is 0.338 e. The molecule has 2 saturated heterocycles. The van der Waals surface area contributed by atoms with Gasteiger partial charge in [-0.05, 0) is 56.7 Å². The van der Waals surface area contributed by atoms with Gasteiger partial charge in [0.05, 0.1) is 42.3 Å². The summed E-state index contributed by atoms with van der Waals surface area (Å²) in [6.45, 7) is 0.725. The molecule has 1 aliphatic carbocycles. The molecule has 8 nitrogen and oxygen atoms in total. The van der Waals surface area contributed by atoms with Crippen LogP contribution in [0.4, 0.5) is 13.9 Å². The molecular weight excluding hydrogens is 564 g/mol. The molecular formula is C31H29F2N3O5S. The first-order chi connectivity index (χ1) is 20.5. The Kier molecular flexibility index (Phi) is 6.22. The summed E-state index contributed by atoms with van der Waals surface area (Å²) < 4.78 is 53.3. The molecule has 218 valence electrons. The van der Waals surface area contributed by atoms with Crippen molar-refractivity contribution in [3.05, 3.63) is 58.4 Å². The number of esters is 1. The fourth-order valence-electron chi connectivity index (χ4n) is 6.95. The summed E-state index contributed by atoms with van der Waals surface area (Å²) in [5.74, 6) is -0.0772. The number of carbonyl (C=O) groups is 1. The molecule has 0 amide bonds. The number of carbonyl (C=O) groups excluding carboxylic acids is 1. The van der Waals surface area contributed by atoms with Gasteiger partial charge in [0.25, 0.3) is 0 Å². The molecule has 4 aromatic rings. The molecule has 4 aliphatic rings. The third kappa shape index (κ3) is 4.19. The minimum Gasteiger partial charge on any atom is -0.491 e. The molecule has 42 heavy (non-hydrogen) atoms. The number of halogens is 2. The SMILES string of the molecule is COC(=O)c1cc2sc(N3[C@@H]4CC[C@H]3CC(OCc3c(-c5c(F)cccc5F)noc3C3CC3)C4)nc2c2c1CCO2. The first-order valence-electron chi connectivity index (χ1n) is 14.5. The number of rotatable bonds is 7. The number of ether oxygens (including phenoxy) is 3. The smallest absolute Gasteiger partial charge is 0.338 e. The van der Waals surface area contributed by atoms with Crippen LogP contribution in [0.3, 0.4) is 0 Å². The van der Waals surface area contributed by atoms with Crippen LogP contribution in [-0.2, 0) is 22.5 Å². The lowest BCUT2D eigenvalue weighted by Crippen LogP contribution is -2.45. The number of piperidine rings is 1. The van der Waals surface area contributed by atoms with Crippen molar-refractivity contribution in [2.45, 2.75) is 75.7 Å². The Labute approximate surface area is 244 Å². The normalized spacial score (nSPS) is 22.9. The Morgan fingerprint density at radius 2 is 1.90 bits per heavy atom. The van der Waals surface area contributed by atoms with E-state index in [2.05, 4.69) is 10.1 Å². The topological polar surface area (TPSA) is 86.9 Å². The van der Waals surface area contributed by atoms with Crippen LogP contribution in [0, 0.1) is 11.6 Å². The van der Waals surface area contributed by atoms with Gasteiger partial charge in [-0.25, -0.2) is 18.6 Å². The highest BCUT2D eigenvalue weighted by atomic mass is 32.1. The third-order valence-electron chi connectivity index (χ3n) is 9.08. The molecule has 0 spiro atoms. The Morgan fingerprint density at radius 3 is 2.62 bits per heavy atom. The van der Waals surface area contributed by atoms with Crippen LogP contribution in [0.15, 0.2) is 28.8 Å². The molecule has 0 radical (unpaired) electrons. The summed E-state index contributed by atoms with van der Waals surface area (Å²) in [5, 5.41) is 5.04. The summed E-state index contributed by atoms with van der Waals surface area (Å²) in [7, 11) is 1.39. The maximum absolute atomic E-state index is 14.7. The van der Waals surface area contributed by atoms with E-state index in [9.17, 15) is 13.6 Å². The number of thiazole rings is 1. The first kappa shape index (κ1) is 26.1. The third-order valence-corrected chi connectivity index (χ3v) is 10.1. The second-order valence-electron chi connectivity index (χ2n) is 11.6. The van der Waals surface area contributed by atoms with E-state index in [1.54, 1.807) is 11.3 Å². The number of anilines is 1. The fourth-order valence-corrected chi connectivity index (χ4v) is 8.10. The summed E-state index contributed by atoms with van der Waals surface area (Å²) >= 11 is 1.58. The molecule has 8 rings (SSSR count). The van der Waals surface area contributed by atoms with Crippen molar-refractivity contribution >= 4 is 32.7 Å². The van der Waals surface area contributed by atoms with Crippen molar-refractivity contribution in [3.8, 4) is 17.0 Å². The molecule has 5 heterocycles. The highest BCUT2D eigenvalue weighted by Crippen LogP contribution is 2.48. The van der Waals surface area contributed by atoms with Crippen molar-refractivity contribution in [1.29, 1.82) is 0 Å². The van der Waals surface area contributed by atoms with Crippen LogP contribution >= 0.6 is 11.3 Å². The second kappa shape index (κ2) is 10.0. The number of fused-ring (bicyclic) bond motifs is 5. The molecule has 2 aromatic heterocycles.